The highest BCUT2D eigenvalue weighted by molar-refractivity contribution is 8.26. The van der Waals surface area contributed by atoms with Crippen LogP contribution in [0.5, 0.6) is 5.75 Å². The van der Waals surface area contributed by atoms with Gasteiger partial charge in [0, 0.05) is 11.6 Å². The summed E-state index contributed by atoms with van der Waals surface area (Å²) >= 11 is 6.84. The van der Waals surface area contributed by atoms with Gasteiger partial charge in [0.1, 0.15) is 4.32 Å². The minimum Gasteiger partial charge on any atom is -0.487 e. The molecule has 1 aliphatic rings. The summed E-state index contributed by atoms with van der Waals surface area (Å²) in [7, 11) is 0. The lowest BCUT2D eigenvalue weighted by atomic mass is 10.1. The number of nitrogens with zero attached hydrogens (tertiary/aromatic N) is 4. The van der Waals surface area contributed by atoms with Crippen molar-refractivity contribution in [1.82, 2.24) is 14.7 Å². The molecule has 1 amide bonds. The lowest BCUT2D eigenvalue weighted by Gasteiger charge is -2.23. The Hall–Kier alpha value is -4.28. The molecular weight excluding hydrogens is 532 g/mol. The van der Waals surface area contributed by atoms with Gasteiger partial charge in [-0.05, 0) is 55.8 Å². The van der Waals surface area contributed by atoms with Crippen LogP contribution in [0.15, 0.2) is 89.8 Å². The molecule has 10 heteroatoms. The van der Waals surface area contributed by atoms with Gasteiger partial charge >= 0.3 is 5.69 Å². The van der Waals surface area contributed by atoms with Crippen molar-refractivity contribution in [2.45, 2.75) is 19.9 Å². The minimum absolute atomic E-state index is 0.138. The van der Waals surface area contributed by atoms with E-state index in [1.807, 2.05) is 67.6 Å². The highest BCUT2D eigenvalue weighted by Gasteiger charge is 2.36. The van der Waals surface area contributed by atoms with E-state index in [4.69, 9.17) is 22.1 Å². The third kappa shape index (κ3) is 5.34. The third-order valence-electron chi connectivity index (χ3n) is 6.26. The summed E-state index contributed by atoms with van der Waals surface area (Å²) in [6, 6.07) is 25.6. The van der Waals surface area contributed by atoms with E-state index in [-0.39, 0.29) is 23.4 Å². The Morgan fingerprint density at radius 3 is 2.44 bits per heavy atom. The number of hydrogen-bond donors (Lipinski definition) is 0. The third-order valence-corrected chi connectivity index (χ3v) is 7.59. The summed E-state index contributed by atoms with van der Waals surface area (Å²) in [5.41, 5.74) is 3.35. The van der Waals surface area contributed by atoms with Gasteiger partial charge < -0.3 is 4.74 Å². The van der Waals surface area contributed by atoms with Crippen molar-refractivity contribution in [3.05, 3.63) is 111 Å². The quantitative estimate of drug-likeness (QED) is 0.102. The van der Waals surface area contributed by atoms with Crippen LogP contribution in [-0.2, 0) is 4.79 Å². The maximum atomic E-state index is 13.5. The maximum absolute atomic E-state index is 13.5. The van der Waals surface area contributed by atoms with Crippen LogP contribution in [0.3, 0.4) is 0 Å². The minimum atomic E-state index is -0.469. The van der Waals surface area contributed by atoms with Crippen LogP contribution in [0, 0.1) is 10.1 Å². The molecule has 196 valence electrons. The molecule has 39 heavy (non-hydrogen) atoms. The number of benzene rings is 3. The molecule has 5 rings (SSSR count). The van der Waals surface area contributed by atoms with E-state index in [0.717, 1.165) is 11.3 Å². The Kier molecular flexibility index (Phi) is 7.58. The summed E-state index contributed by atoms with van der Waals surface area (Å²) in [6.07, 6.45) is 1.77. The molecule has 3 aromatic carbocycles. The summed E-state index contributed by atoms with van der Waals surface area (Å²) in [6.45, 7) is 4.04. The Morgan fingerprint density at radius 2 is 1.77 bits per heavy atom. The number of ether oxygens (including phenoxy) is 1. The monoisotopic (exact) mass is 556 g/mol. The van der Waals surface area contributed by atoms with E-state index in [1.54, 1.807) is 40.8 Å². The van der Waals surface area contributed by atoms with Gasteiger partial charge in [-0.2, -0.15) is 5.10 Å². The molecule has 1 atom stereocenters. The molecule has 0 saturated carbocycles. The van der Waals surface area contributed by atoms with E-state index in [9.17, 15) is 14.9 Å². The standard InChI is InChI=1S/C29H24N4O4S2/c1-3-37-26-15-14-21(16-25(26)33(35)36)24-17-23(32(30-24)22-12-8-5-9-13-22)18-27-28(34)31(29(38)39-27)19(2)20-10-6-4-7-11-20/h4-19H,3H2,1-2H3/b27-18+/t19-/m0/s1. The predicted octanol–water partition coefficient (Wildman–Crippen LogP) is 6.81. The average Bonchev–Trinajstić information content (AvgIpc) is 3.49. The number of thioether (sulfide) groups is 1. The molecule has 0 N–H and O–H groups in total. The molecule has 1 aromatic heterocycles. The molecule has 2 heterocycles. The van der Waals surface area contributed by atoms with Crippen LogP contribution in [0.4, 0.5) is 5.69 Å². The van der Waals surface area contributed by atoms with E-state index >= 15 is 0 Å². The molecular formula is C29H24N4O4S2. The van der Waals surface area contributed by atoms with Gasteiger partial charge in [0.2, 0.25) is 0 Å². The SMILES string of the molecule is CCOc1ccc(-c2cc(/C=C3/SC(=S)N([C@@H](C)c4ccccc4)C3=O)n(-c3ccccc3)n2)cc1[N+](=O)[O-]. The Labute approximate surface area is 235 Å². The summed E-state index contributed by atoms with van der Waals surface area (Å²) in [4.78, 5) is 26.8. The second-order valence-corrected chi connectivity index (χ2v) is 10.4. The first-order chi connectivity index (χ1) is 18.9. The van der Waals surface area contributed by atoms with E-state index in [1.165, 1.54) is 17.8 Å². The normalized spacial score (nSPS) is 15.1. The summed E-state index contributed by atoms with van der Waals surface area (Å²) < 4.78 is 7.62. The fourth-order valence-corrected chi connectivity index (χ4v) is 5.74. The van der Waals surface area contributed by atoms with Crippen LogP contribution in [0.2, 0.25) is 0 Å². The fourth-order valence-electron chi connectivity index (χ4n) is 4.34. The lowest BCUT2D eigenvalue weighted by molar-refractivity contribution is -0.385. The van der Waals surface area contributed by atoms with E-state index < -0.39 is 4.92 Å². The molecule has 0 bridgehead atoms. The first-order valence-corrected chi connectivity index (χ1v) is 13.5. The topological polar surface area (TPSA) is 90.5 Å². The van der Waals surface area contributed by atoms with Crippen molar-refractivity contribution in [3.8, 4) is 22.7 Å². The zero-order chi connectivity index (χ0) is 27.5. The van der Waals surface area contributed by atoms with Gasteiger partial charge in [-0.25, -0.2) is 4.68 Å². The predicted molar refractivity (Wildman–Crippen MR) is 157 cm³/mol. The number of amides is 1. The molecule has 8 nitrogen and oxygen atoms in total. The number of rotatable bonds is 8. The van der Waals surface area contributed by atoms with Gasteiger partial charge in [0.05, 0.1) is 39.6 Å². The van der Waals surface area contributed by atoms with E-state index in [0.29, 0.717) is 32.8 Å². The number of thiocarbonyl (C=S) groups is 1. The van der Waals surface area contributed by atoms with Crippen molar-refractivity contribution in [1.29, 1.82) is 0 Å². The van der Waals surface area contributed by atoms with Crippen LogP contribution in [0.1, 0.15) is 31.1 Å². The summed E-state index contributed by atoms with van der Waals surface area (Å²) in [5, 5.41) is 16.4. The van der Waals surface area contributed by atoms with E-state index in [2.05, 4.69) is 0 Å². The Bertz CT molecular complexity index is 1590. The Balaban J connectivity index is 1.56. The number of nitro benzene ring substituents is 1. The zero-order valence-electron chi connectivity index (χ0n) is 21.2. The molecule has 4 aromatic rings. The lowest BCUT2D eigenvalue weighted by Crippen LogP contribution is -2.30. The molecule has 1 saturated heterocycles. The van der Waals surface area contributed by atoms with Gasteiger partial charge in [0.25, 0.3) is 5.91 Å². The van der Waals surface area contributed by atoms with Crippen LogP contribution in [-0.4, -0.2) is 36.4 Å². The smallest absolute Gasteiger partial charge is 0.311 e. The van der Waals surface area contributed by atoms with Crippen LogP contribution in [0.25, 0.3) is 23.0 Å². The number of carbonyl (C=O) groups is 1. The second kappa shape index (κ2) is 11.2. The molecule has 0 unspecified atom stereocenters. The van der Waals surface area contributed by atoms with Crippen molar-refractivity contribution in [2.24, 2.45) is 0 Å². The van der Waals surface area contributed by atoms with Crippen molar-refractivity contribution < 1.29 is 14.5 Å². The van der Waals surface area contributed by atoms with Crippen molar-refractivity contribution in [3.63, 3.8) is 0 Å². The van der Waals surface area contributed by atoms with Gasteiger partial charge in [-0.15, -0.1) is 0 Å². The molecule has 1 fully saturated rings. The molecule has 0 aliphatic carbocycles. The molecule has 0 spiro atoms. The Morgan fingerprint density at radius 1 is 1.08 bits per heavy atom. The number of hydrogen-bond acceptors (Lipinski definition) is 7. The van der Waals surface area contributed by atoms with Crippen molar-refractivity contribution >= 4 is 46.0 Å². The van der Waals surface area contributed by atoms with Gasteiger partial charge in [-0.1, -0.05) is 72.5 Å². The maximum Gasteiger partial charge on any atom is 0.311 e. The number of carbonyl (C=O) groups excluding carboxylic acids is 1. The first kappa shape index (κ1) is 26.3. The van der Waals surface area contributed by atoms with Gasteiger partial charge in [-0.3, -0.25) is 19.8 Å². The zero-order valence-corrected chi connectivity index (χ0v) is 22.8. The molecule has 1 aliphatic heterocycles. The van der Waals surface area contributed by atoms with Crippen molar-refractivity contribution in [2.75, 3.05) is 6.61 Å². The highest BCUT2D eigenvalue weighted by Crippen LogP contribution is 2.39. The largest absolute Gasteiger partial charge is 0.487 e. The number of para-hydroxylation sites is 1. The first-order valence-electron chi connectivity index (χ1n) is 12.3. The summed E-state index contributed by atoms with van der Waals surface area (Å²) in [5.74, 6) is 0.0191. The average molecular weight is 557 g/mol. The second-order valence-electron chi connectivity index (χ2n) is 8.71. The van der Waals surface area contributed by atoms with Crippen LogP contribution < -0.4 is 4.74 Å². The number of nitro groups is 1. The highest BCUT2D eigenvalue weighted by atomic mass is 32.2. The van der Waals surface area contributed by atoms with Crippen LogP contribution >= 0.6 is 24.0 Å². The molecule has 0 radical (unpaired) electrons. The fraction of sp³-hybridized carbons (Fsp3) is 0.138. The number of aromatic nitrogens is 2. The van der Waals surface area contributed by atoms with Gasteiger partial charge in [0.15, 0.2) is 5.75 Å².